The van der Waals surface area contributed by atoms with Gasteiger partial charge in [-0.05, 0) is 38.9 Å². The van der Waals surface area contributed by atoms with Gasteiger partial charge in [0.25, 0.3) is 5.91 Å². The molecule has 1 aliphatic rings. The number of aryl methyl sites for hydroxylation is 1. The highest BCUT2D eigenvalue weighted by Gasteiger charge is 2.24. The lowest BCUT2D eigenvalue weighted by Crippen LogP contribution is -2.44. The van der Waals surface area contributed by atoms with E-state index in [0.29, 0.717) is 6.04 Å². The summed E-state index contributed by atoms with van der Waals surface area (Å²) in [6, 6.07) is 8.47. The SMILES string of the molecule is CNC1CCN(C(=O)c2ccccc2SCc2csc(C)n2)CC1.Cl.Cl. The number of benzene rings is 1. The molecule has 0 unspecified atom stereocenters. The third-order valence-electron chi connectivity index (χ3n) is 4.35. The van der Waals surface area contributed by atoms with Crippen molar-refractivity contribution >= 4 is 53.8 Å². The quantitative estimate of drug-likeness (QED) is 0.708. The monoisotopic (exact) mass is 433 g/mol. The Morgan fingerprint density at radius 2 is 2.00 bits per heavy atom. The van der Waals surface area contributed by atoms with E-state index < -0.39 is 0 Å². The predicted molar refractivity (Wildman–Crippen MR) is 115 cm³/mol. The van der Waals surface area contributed by atoms with E-state index in [4.69, 9.17) is 0 Å². The van der Waals surface area contributed by atoms with Gasteiger partial charge in [0.2, 0.25) is 0 Å². The number of hydrogen-bond donors (Lipinski definition) is 1. The summed E-state index contributed by atoms with van der Waals surface area (Å²) in [6.45, 7) is 3.67. The third kappa shape index (κ3) is 5.86. The van der Waals surface area contributed by atoms with E-state index >= 15 is 0 Å². The molecular weight excluding hydrogens is 409 g/mol. The molecule has 1 saturated heterocycles. The van der Waals surface area contributed by atoms with E-state index in [9.17, 15) is 4.79 Å². The molecule has 2 aromatic rings. The summed E-state index contributed by atoms with van der Waals surface area (Å²) >= 11 is 3.36. The van der Waals surface area contributed by atoms with Crippen LogP contribution < -0.4 is 5.32 Å². The number of hydrogen-bond acceptors (Lipinski definition) is 5. The van der Waals surface area contributed by atoms with Crippen LogP contribution in [0.25, 0.3) is 0 Å². The number of carbonyl (C=O) groups is 1. The van der Waals surface area contributed by atoms with E-state index in [1.807, 2.05) is 43.1 Å². The average molecular weight is 434 g/mol. The van der Waals surface area contributed by atoms with Crippen LogP contribution in [0, 0.1) is 6.92 Å². The van der Waals surface area contributed by atoms with Gasteiger partial charge in [0.1, 0.15) is 0 Å². The van der Waals surface area contributed by atoms with Gasteiger partial charge in [-0.3, -0.25) is 4.79 Å². The van der Waals surface area contributed by atoms with Crippen molar-refractivity contribution in [2.75, 3.05) is 20.1 Å². The number of piperidine rings is 1. The van der Waals surface area contributed by atoms with Crippen LogP contribution in [0.4, 0.5) is 0 Å². The summed E-state index contributed by atoms with van der Waals surface area (Å²) in [5.41, 5.74) is 1.90. The molecule has 1 amide bonds. The molecule has 8 heteroatoms. The molecule has 26 heavy (non-hydrogen) atoms. The molecular formula is C18H25Cl2N3OS2. The Morgan fingerprint density at radius 1 is 1.31 bits per heavy atom. The number of thiazole rings is 1. The summed E-state index contributed by atoms with van der Waals surface area (Å²) < 4.78 is 0. The molecule has 1 fully saturated rings. The number of nitrogens with one attached hydrogen (secondary N) is 1. The molecule has 2 heterocycles. The van der Waals surface area contributed by atoms with Crippen molar-refractivity contribution in [3.05, 3.63) is 45.9 Å². The molecule has 0 radical (unpaired) electrons. The fourth-order valence-corrected chi connectivity index (χ4v) is 4.59. The van der Waals surface area contributed by atoms with Crippen LogP contribution >= 0.6 is 47.9 Å². The highest BCUT2D eigenvalue weighted by Crippen LogP contribution is 2.28. The third-order valence-corrected chi connectivity index (χ3v) is 6.28. The van der Waals surface area contributed by atoms with E-state index in [-0.39, 0.29) is 30.7 Å². The summed E-state index contributed by atoms with van der Waals surface area (Å²) in [5, 5.41) is 6.49. The lowest BCUT2D eigenvalue weighted by Gasteiger charge is -2.32. The fourth-order valence-electron chi connectivity index (χ4n) is 2.94. The van der Waals surface area contributed by atoms with Crippen molar-refractivity contribution in [3.8, 4) is 0 Å². The summed E-state index contributed by atoms with van der Waals surface area (Å²) in [5.74, 6) is 0.957. The minimum absolute atomic E-state index is 0. The van der Waals surface area contributed by atoms with Crippen molar-refractivity contribution in [2.45, 2.75) is 36.5 Å². The smallest absolute Gasteiger partial charge is 0.254 e. The Labute approximate surface area is 176 Å². The standard InChI is InChI=1S/C18H23N3OS2.2ClH/c1-13-20-15(11-23-13)12-24-17-6-4-3-5-16(17)18(22)21-9-7-14(19-2)8-10-21;;/h3-6,11,14,19H,7-10,12H2,1-2H3;2*1H. The molecule has 1 aliphatic heterocycles. The molecule has 1 aromatic heterocycles. The number of amides is 1. The van der Waals surface area contributed by atoms with Gasteiger partial charge >= 0.3 is 0 Å². The van der Waals surface area contributed by atoms with Crippen molar-refractivity contribution in [1.29, 1.82) is 0 Å². The van der Waals surface area contributed by atoms with Crippen LogP contribution in [0.15, 0.2) is 34.5 Å². The molecule has 1 aromatic carbocycles. The number of carbonyl (C=O) groups excluding carboxylic acids is 1. The van der Waals surface area contributed by atoms with E-state index in [0.717, 1.165) is 52.8 Å². The number of halogens is 2. The first kappa shape index (κ1) is 23.2. The van der Waals surface area contributed by atoms with Gasteiger partial charge in [0.15, 0.2) is 0 Å². The van der Waals surface area contributed by atoms with Gasteiger partial charge in [0.05, 0.1) is 16.3 Å². The molecule has 0 aliphatic carbocycles. The molecule has 1 N–H and O–H groups in total. The van der Waals surface area contributed by atoms with Crippen molar-refractivity contribution < 1.29 is 4.79 Å². The minimum atomic E-state index is 0. The first-order chi connectivity index (χ1) is 11.7. The van der Waals surface area contributed by atoms with E-state index in [1.165, 1.54) is 0 Å². The second-order valence-corrected chi connectivity index (χ2v) is 8.08. The van der Waals surface area contributed by atoms with Gasteiger partial charge in [-0.25, -0.2) is 4.98 Å². The maximum atomic E-state index is 12.9. The Bertz CT molecular complexity index is 703. The second-order valence-electron chi connectivity index (χ2n) is 6.00. The zero-order valence-electron chi connectivity index (χ0n) is 14.9. The van der Waals surface area contributed by atoms with Gasteiger partial charge in [-0.2, -0.15) is 0 Å². The van der Waals surface area contributed by atoms with Crippen molar-refractivity contribution in [1.82, 2.24) is 15.2 Å². The van der Waals surface area contributed by atoms with Crippen LogP contribution in [0.1, 0.15) is 33.9 Å². The molecule has 0 saturated carbocycles. The van der Waals surface area contributed by atoms with Crippen LogP contribution in [-0.4, -0.2) is 42.0 Å². The summed E-state index contributed by atoms with van der Waals surface area (Å²) in [4.78, 5) is 20.4. The van der Waals surface area contributed by atoms with Crippen LogP contribution in [0.5, 0.6) is 0 Å². The van der Waals surface area contributed by atoms with Crippen LogP contribution in [0.3, 0.4) is 0 Å². The van der Waals surface area contributed by atoms with Gasteiger partial charge in [0, 0.05) is 35.2 Å². The first-order valence-corrected chi connectivity index (χ1v) is 10.1. The van der Waals surface area contributed by atoms with Crippen LogP contribution in [0.2, 0.25) is 0 Å². The normalized spacial score (nSPS) is 14.5. The number of rotatable bonds is 5. The second kappa shape index (κ2) is 11.1. The lowest BCUT2D eigenvalue weighted by molar-refractivity contribution is 0.0704. The summed E-state index contributed by atoms with van der Waals surface area (Å²) in [6.07, 6.45) is 2.05. The highest BCUT2D eigenvalue weighted by molar-refractivity contribution is 7.98. The molecule has 0 spiro atoms. The van der Waals surface area contributed by atoms with Crippen molar-refractivity contribution in [2.24, 2.45) is 0 Å². The van der Waals surface area contributed by atoms with E-state index in [1.54, 1.807) is 23.1 Å². The Hall–Kier alpha value is -0.790. The Balaban J connectivity index is 0.00000169. The van der Waals surface area contributed by atoms with E-state index in [2.05, 4.69) is 15.7 Å². The maximum absolute atomic E-state index is 12.9. The maximum Gasteiger partial charge on any atom is 0.254 e. The van der Waals surface area contributed by atoms with Gasteiger partial charge in [-0.15, -0.1) is 47.9 Å². The van der Waals surface area contributed by atoms with Gasteiger partial charge < -0.3 is 10.2 Å². The Morgan fingerprint density at radius 3 is 2.62 bits per heavy atom. The zero-order chi connectivity index (χ0) is 16.9. The topological polar surface area (TPSA) is 45.2 Å². The highest BCUT2D eigenvalue weighted by atomic mass is 35.5. The van der Waals surface area contributed by atoms with Crippen LogP contribution in [-0.2, 0) is 5.75 Å². The first-order valence-electron chi connectivity index (χ1n) is 8.26. The molecule has 0 atom stereocenters. The van der Waals surface area contributed by atoms with Gasteiger partial charge in [-0.1, -0.05) is 12.1 Å². The summed E-state index contributed by atoms with van der Waals surface area (Å²) in [7, 11) is 1.99. The number of aromatic nitrogens is 1. The lowest BCUT2D eigenvalue weighted by atomic mass is 10.0. The average Bonchev–Trinajstić information content (AvgIpc) is 3.05. The fraction of sp³-hybridized carbons (Fsp3) is 0.444. The largest absolute Gasteiger partial charge is 0.338 e. The number of nitrogens with zero attached hydrogens (tertiary/aromatic N) is 2. The predicted octanol–water partition coefficient (Wildman–Crippen LogP) is 4.41. The Kier molecular flexibility index (Phi) is 9.97. The number of likely N-dealkylation sites (tertiary alicyclic amines) is 1. The molecule has 3 rings (SSSR count). The molecule has 144 valence electrons. The molecule has 4 nitrogen and oxygen atoms in total. The number of thioether (sulfide) groups is 1. The zero-order valence-corrected chi connectivity index (χ0v) is 18.2. The van der Waals surface area contributed by atoms with Crippen molar-refractivity contribution in [3.63, 3.8) is 0 Å². The minimum Gasteiger partial charge on any atom is -0.338 e. The molecule has 0 bridgehead atoms.